The van der Waals surface area contributed by atoms with Crippen LogP contribution in [0.5, 0.6) is 5.75 Å². The van der Waals surface area contributed by atoms with E-state index >= 15 is 0 Å². The van der Waals surface area contributed by atoms with Crippen LogP contribution in [0.3, 0.4) is 0 Å². The van der Waals surface area contributed by atoms with Crippen LogP contribution in [0.4, 0.5) is 0 Å². The first-order valence-corrected chi connectivity index (χ1v) is 8.85. The fourth-order valence-electron chi connectivity index (χ4n) is 1.98. The Morgan fingerprint density at radius 1 is 1.37 bits per heavy atom. The first-order chi connectivity index (χ1) is 8.73. The predicted octanol–water partition coefficient (Wildman–Crippen LogP) is 2.54. The number of halogens is 1. The van der Waals surface area contributed by atoms with Gasteiger partial charge in [-0.25, -0.2) is 8.42 Å². The lowest BCUT2D eigenvalue weighted by Gasteiger charge is -2.20. The summed E-state index contributed by atoms with van der Waals surface area (Å²) in [6.45, 7) is 3.88. The number of sulfone groups is 1. The molecular weight excluding hydrogens is 330 g/mol. The van der Waals surface area contributed by atoms with Crippen molar-refractivity contribution in [3.05, 3.63) is 28.2 Å². The van der Waals surface area contributed by atoms with Gasteiger partial charge < -0.3 is 10.1 Å². The number of hydrogen-bond donors (Lipinski definition) is 1. The highest BCUT2D eigenvalue weighted by Crippen LogP contribution is 2.28. The number of ether oxygens (including phenoxy) is 1. The Bertz CT molecular complexity index is 531. The van der Waals surface area contributed by atoms with Gasteiger partial charge in [0.1, 0.15) is 15.6 Å². The van der Waals surface area contributed by atoms with E-state index in [0.717, 1.165) is 15.8 Å². The minimum Gasteiger partial charge on any atom is -0.496 e. The van der Waals surface area contributed by atoms with E-state index in [2.05, 4.69) is 21.2 Å². The summed E-state index contributed by atoms with van der Waals surface area (Å²) < 4.78 is 28.5. The van der Waals surface area contributed by atoms with Crippen LogP contribution in [0, 0.1) is 0 Å². The molecule has 0 fully saturated rings. The quantitative estimate of drug-likeness (QED) is 0.857. The first-order valence-electron chi connectivity index (χ1n) is 6.00. The molecule has 0 aromatic heterocycles. The van der Waals surface area contributed by atoms with Gasteiger partial charge in [-0.05, 0) is 47.5 Å². The zero-order valence-corrected chi connectivity index (χ0v) is 14.0. The Balaban J connectivity index is 2.73. The molecule has 108 valence electrons. The first kappa shape index (κ1) is 16.5. The average molecular weight is 350 g/mol. The molecule has 1 N–H and O–H groups in total. The lowest BCUT2D eigenvalue weighted by Crippen LogP contribution is -2.34. The predicted molar refractivity (Wildman–Crippen MR) is 81.4 cm³/mol. The molecule has 0 aliphatic carbocycles. The highest BCUT2D eigenvalue weighted by molar-refractivity contribution is 9.10. The van der Waals surface area contributed by atoms with Crippen LogP contribution in [0.1, 0.15) is 25.5 Å². The number of benzene rings is 1. The molecule has 0 spiro atoms. The van der Waals surface area contributed by atoms with Crippen LogP contribution in [-0.2, 0) is 9.84 Å². The van der Waals surface area contributed by atoms with Crippen LogP contribution in [0.25, 0.3) is 0 Å². The zero-order valence-electron chi connectivity index (χ0n) is 11.6. The Morgan fingerprint density at radius 3 is 2.47 bits per heavy atom. The molecule has 1 aromatic carbocycles. The van der Waals surface area contributed by atoms with E-state index < -0.39 is 9.84 Å². The number of rotatable bonds is 6. The van der Waals surface area contributed by atoms with Crippen molar-refractivity contribution >= 4 is 25.8 Å². The maximum Gasteiger partial charge on any atom is 0.148 e. The number of hydrogen-bond acceptors (Lipinski definition) is 4. The third kappa shape index (κ3) is 5.50. The normalized spacial score (nSPS) is 15.0. The Morgan fingerprint density at radius 2 is 2.00 bits per heavy atom. The van der Waals surface area contributed by atoms with E-state index in [4.69, 9.17) is 4.74 Å². The molecule has 4 nitrogen and oxygen atoms in total. The molecule has 0 heterocycles. The average Bonchev–Trinajstić information content (AvgIpc) is 2.26. The van der Waals surface area contributed by atoms with E-state index in [-0.39, 0.29) is 17.8 Å². The van der Waals surface area contributed by atoms with Gasteiger partial charge in [-0.1, -0.05) is 6.07 Å². The largest absolute Gasteiger partial charge is 0.496 e. The number of methoxy groups -OCH3 is 1. The van der Waals surface area contributed by atoms with Gasteiger partial charge in [-0.3, -0.25) is 0 Å². The molecule has 0 amide bonds. The van der Waals surface area contributed by atoms with E-state index in [1.807, 2.05) is 32.0 Å². The molecule has 2 atom stereocenters. The maximum absolute atomic E-state index is 11.2. The van der Waals surface area contributed by atoms with Crippen LogP contribution in [0.15, 0.2) is 22.7 Å². The summed E-state index contributed by atoms with van der Waals surface area (Å²) in [5, 5.41) is 3.28. The molecule has 0 radical (unpaired) electrons. The lowest BCUT2D eigenvalue weighted by atomic mass is 10.1. The van der Waals surface area contributed by atoms with Crippen molar-refractivity contribution in [2.75, 3.05) is 19.1 Å². The molecule has 19 heavy (non-hydrogen) atoms. The smallest absolute Gasteiger partial charge is 0.148 e. The third-order valence-corrected chi connectivity index (χ3v) is 4.49. The molecular formula is C13H20BrNO3S. The van der Waals surface area contributed by atoms with E-state index in [1.165, 1.54) is 6.26 Å². The van der Waals surface area contributed by atoms with Crippen molar-refractivity contribution in [3.63, 3.8) is 0 Å². The van der Waals surface area contributed by atoms with Crippen molar-refractivity contribution < 1.29 is 13.2 Å². The van der Waals surface area contributed by atoms with Gasteiger partial charge in [0.2, 0.25) is 0 Å². The second-order valence-electron chi connectivity index (χ2n) is 4.78. The maximum atomic E-state index is 11.2. The van der Waals surface area contributed by atoms with Gasteiger partial charge in [0.25, 0.3) is 0 Å². The van der Waals surface area contributed by atoms with Gasteiger partial charge >= 0.3 is 0 Å². The van der Waals surface area contributed by atoms with Crippen LogP contribution >= 0.6 is 15.9 Å². The highest BCUT2D eigenvalue weighted by Gasteiger charge is 2.14. The molecule has 0 saturated heterocycles. The summed E-state index contributed by atoms with van der Waals surface area (Å²) in [4.78, 5) is 0. The zero-order chi connectivity index (χ0) is 14.6. The molecule has 0 aliphatic heterocycles. The summed E-state index contributed by atoms with van der Waals surface area (Å²) in [6.07, 6.45) is 1.25. The summed E-state index contributed by atoms with van der Waals surface area (Å²) in [5.74, 6) is 0.911. The molecule has 0 saturated carbocycles. The Kier molecular flexibility index (Phi) is 5.82. The molecule has 0 bridgehead atoms. The molecule has 6 heteroatoms. The second kappa shape index (κ2) is 6.72. The minimum atomic E-state index is -2.96. The van der Waals surface area contributed by atoms with Crippen molar-refractivity contribution in [3.8, 4) is 5.75 Å². The Labute approximate surface area is 123 Å². The van der Waals surface area contributed by atoms with Crippen LogP contribution < -0.4 is 10.1 Å². The van der Waals surface area contributed by atoms with Gasteiger partial charge in [0, 0.05) is 18.3 Å². The molecule has 0 aliphatic rings. The molecule has 2 unspecified atom stereocenters. The summed E-state index contributed by atoms with van der Waals surface area (Å²) >= 11 is 3.44. The molecule has 1 rings (SSSR count). The number of nitrogens with one attached hydrogen (secondary N) is 1. The fraction of sp³-hybridized carbons (Fsp3) is 0.538. The SMILES string of the molecule is COc1ccc(C(C)NC(C)CS(C)(=O)=O)cc1Br. The summed E-state index contributed by atoms with van der Waals surface area (Å²) in [7, 11) is -1.34. The van der Waals surface area contributed by atoms with Crippen molar-refractivity contribution in [1.29, 1.82) is 0 Å². The summed E-state index contributed by atoms with van der Waals surface area (Å²) in [5.41, 5.74) is 1.08. The van der Waals surface area contributed by atoms with Crippen molar-refractivity contribution in [1.82, 2.24) is 5.32 Å². The summed E-state index contributed by atoms with van der Waals surface area (Å²) in [6, 6.07) is 5.81. The van der Waals surface area contributed by atoms with Crippen molar-refractivity contribution in [2.24, 2.45) is 0 Å². The van der Waals surface area contributed by atoms with E-state index in [9.17, 15) is 8.42 Å². The highest BCUT2D eigenvalue weighted by atomic mass is 79.9. The second-order valence-corrected chi connectivity index (χ2v) is 7.81. The van der Waals surface area contributed by atoms with Crippen LogP contribution in [-0.4, -0.2) is 33.6 Å². The van der Waals surface area contributed by atoms with E-state index in [1.54, 1.807) is 7.11 Å². The monoisotopic (exact) mass is 349 g/mol. The minimum absolute atomic E-state index is 0.0685. The lowest BCUT2D eigenvalue weighted by molar-refractivity contribution is 0.411. The van der Waals surface area contributed by atoms with Gasteiger partial charge in [-0.2, -0.15) is 0 Å². The standard InChI is InChI=1S/C13H20BrNO3S/c1-9(8-19(4,16)17)15-10(2)11-5-6-13(18-3)12(14)7-11/h5-7,9-10,15H,8H2,1-4H3. The van der Waals surface area contributed by atoms with Gasteiger partial charge in [-0.15, -0.1) is 0 Å². The van der Waals surface area contributed by atoms with Crippen LogP contribution in [0.2, 0.25) is 0 Å². The van der Waals surface area contributed by atoms with Crippen molar-refractivity contribution in [2.45, 2.75) is 25.9 Å². The molecule has 1 aromatic rings. The third-order valence-electron chi connectivity index (χ3n) is 2.76. The fourth-order valence-corrected chi connectivity index (χ4v) is 3.54. The van der Waals surface area contributed by atoms with Gasteiger partial charge in [0.15, 0.2) is 0 Å². The topological polar surface area (TPSA) is 55.4 Å². The Hall–Kier alpha value is -0.590. The van der Waals surface area contributed by atoms with Gasteiger partial charge in [0.05, 0.1) is 17.3 Å². The van der Waals surface area contributed by atoms with E-state index in [0.29, 0.717) is 0 Å².